The minimum Gasteiger partial charge on any atom is -0.369 e. The number of rotatable bonds is 3. The number of primary amides is 1. The van der Waals surface area contributed by atoms with Gasteiger partial charge in [0.05, 0.1) is 16.8 Å². The van der Waals surface area contributed by atoms with Crippen LogP contribution in [0.4, 0.5) is 0 Å². The number of amides is 1. The highest BCUT2D eigenvalue weighted by molar-refractivity contribution is 5.87. The average Bonchev–Trinajstić information content (AvgIpc) is 2.94. The van der Waals surface area contributed by atoms with E-state index in [4.69, 9.17) is 5.73 Å². The van der Waals surface area contributed by atoms with E-state index in [-0.39, 0.29) is 5.91 Å². The summed E-state index contributed by atoms with van der Waals surface area (Å²) in [7, 11) is 1.99. The molecular weight excluding hydrogens is 264 g/mol. The molecule has 0 spiro atoms. The molecule has 2 aromatic heterocycles. The Morgan fingerprint density at radius 1 is 1.33 bits per heavy atom. The fourth-order valence-electron chi connectivity index (χ4n) is 3.09. The van der Waals surface area contributed by atoms with Gasteiger partial charge in [0.1, 0.15) is 0 Å². The van der Waals surface area contributed by atoms with E-state index < -0.39 is 5.41 Å². The fourth-order valence-corrected chi connectivity index (χ4v) is 3.09. The van der Waals surface area contributed by atoms with Crippen molar-refractivity contribution in [2.24, 2.45) is 12.8 Å². The molecule has 0 aromatic carbocycles. The third-order valence-electron chi connectivity index (χ3n) is 4.45. The molecule has 21 heavy (non-hydrogen) atoms. The van der Waals surface area contributed by atoms with E-state index in [0.29, 0.717) is 0 Å². The number of carbonyl (C=O) groups excluding carboxylic acids is 1. The smallest absolute Gasteiger partial charge is 0.228 e. The molecule has 1 aliphatic heterocycles. The van der Waals surface area contributed by atoms with Gasteiger partial charge >= 0.3 is 0 Å². The molecule has 1 fully saturated rings. The summed E-state index contributed by atoms with van der Waals surface area (Å²) in [6.45, 7) is 1.62. The largest absolute Gasteiger partial charge is 0.369 e. The van der Waals surface area contributed by atoms with Crippen molar-refractivity contribution in [2.45, 2.75) is 18.3 Å². The molecule has 0 unspecified atom stereocenters. The van der Waals surface area contributed by atoms with E-state index in [1.807, 2.05) is 42.1 Å². The Hall–Kier alpha value is -2.14. The van der Waals surface area contributed by atoms with Crippen LogP contribution >= 0.6 is 0 Å². The molecule has 2 aromatic rings. The zero-order chi connectivity index (χ0) is 14.9. The number of nitrogens with two attached hydrogens (primary N) is 1. The number of aryl methyl sites for hydroxylation is 1. The maximum absolute atomic E-state index is 12.0. The standard InChI is InChI=1S/C16H20N4O/c1-20-10-2-3-14(20)13-5-4-12(11-19-13)16(15(17)21)6-8-18-9-7-16/h2-5,10-11,18H,6-9H2,1H3,(H2,17,21). The summed E-state index contributed by atoms with van der Waals surface area (Å²) in [5.41, 5.74) is 8.00. The fraction of sp³-hybridized carbons (Fsp3) is 0.375. The number of aromatic nitrogens is 2. The Balaban J connectivity index is 1.96. The van der Waals surface area contributed by atoms with Gasteiger partial charge in [-0.1, -0.05) is 6.07 Å². The molecular formula is C16H20N4O. The first-order valence-corrected chi connectivity index (χ1v) is 7.22. The second-order valence-electron chi connectivity index (χ2n) is 5.63. The van der Waals surface area contributed by atoms with Gasteiger partial charge in [0.25, 0.3) is 0 Å². The molecule has 5 nitrogen and oxygen atoms in total. The van der Waals surface area contributed by atoms with Crippen LogP contribution in [-0.4, -0.2) is 28.5 Å². The van der Waals surface area contributed by atoms with E-state index in [1.54, 1.807) is 6.20 Å². The van der Waals surface area contributed by atoms with Crippen LogP contribution in [0.3, 0.4) is 0 Å². The highest BCUT2D eigenvalue weighted by atomic mass is 16.1. The Morgan fingerprint density at radius 3 is 2.62 bits per heavy atom. The summed E-state index contributed by atoms with van der Waals surface area (Å²) >= 11 is 0. The van der Waals surface area contributed by atoms with Crippen LogP contribution in [0.2, 0.25) is 0 Å². The summed E-state index contributed by atoms with van der Waals surface area (Å²) in [6, 6.07) is 7.97. The van der Waals surface area contributed by atoms with E-state index in [9.17, 15) is 4.79 Å². The molecule has 0 radical (unpaired) electrons. The van der Waals surface area contributed by atoms with Crippen molar-refractivity contribution in [3.8, 4) is 11.4 Å². The van der Waals surface area contributed by atoms with Crippen LogP contribution < -0.4 is 11.1 Å². The van der Waals surface area contributed by atoms with Gasteiger partial charge in [-0.25, -0.2) is 0 Å². The predicted octanol–water partition coefficient (Wildman–Crippen LogP) is 1.19. The van der Waals surface area contributed by atoms with Crippen molar-refractivity contribution in [1.29, 1.82) is 0 Å². The minimum atomic E-state index is -0.578. The molecule has 0 atom stereocenters. The van der Waals surface area contributed by atoms with Gasteiger partial charge in [-0.2, -0.15) is 0 Å². The first-order valence-electron chi connectivity index (χ1n) is 7.22. The van der Waals surface area contributed by atoms with Crippen molar-refractivity contribution < 1.29 is 4.79 Å². The molecule has 1 aliphatic rings. The Labute approximate surface area is 124 Å². The van der Waals surface area contributed by atoms with Crippen molar-refractivity contribution in [1.82, 2.24) is 14.9 Å². The zero-order valence-corrected chi connectivity index (χ0v) is 12.2. The van der Waals surface area contributed by atoms with E-state index in [1.165, 1.54) is 0 Å². The van der Waals surface area contributed by atoms with Crippen LogP contribution in [0.25, 0.3) is 11.4 Å². The van der Waals surface area contributed by atoms with Gasteiger partial charge < -0.3 is 15.6 Å². The van der Waals surface area contributed by atoms with Gasteiger partial charge in [0, 0.05) is 19.4 Å². The lowest BCUT2D eigenvalue weighted by atomic mass is 9.73. The second kappa shape index (κ2) is 5.33. The van der Waals surface area contributed by atoms with Crippen LogP contribution in [0.15, 0.2) is 36.7 Å². The minimum absolute atomic E-state index is 0.252. The van der Waals surface area contributed by atoms with Crippen molar-refractivity contribution in [3.63, 3.8) is 0 Å². The van der Waals surface area contributed by atoms with E-state index in [2.05, 4.69) is 10.3 Å². The van der Waals surface area contributed by atoms with Gasteiger partial charge in [-0.05, 0) is 49.7 Å². The van der Waals surface area contributed by atoms with Crippen molar-refractivity contribution in [3.05, 3.63) is 42.2 Å². The molecule has 1 amide bonds. The van der Waals surface area contributed by atoms with Gasteiger partial charge in [-0.15, -0.1) is 0 Å². The zero-order valence-electron chi connectivity index (χ0n) is 12.2. The maximum atomic E-state index is 12.0. The number of hydrogen-bond acceptors (Lipinski definition) is 3. The summed E-state index contributed by atoms with van der Waals surface area (Å²) in [4.78, 5) is 16.5. The number of hydrogen-bond donors (Lipinski definition) is 2. The highest BCUT2D eigenvalue weighted by Gasteiger charge is 2.39. The molecule has 5 heteroatoms. The first kappa shape index (κ1) is 13.8. The van der Waals surface area contributed by atoms with Gasteiger partial charge in [-0.3, -0.25) is 9.78 Å². The summed E-state index contributed by atoms with van der Waals surface area (Å²) in [5, 5.41) is 3.27. The van der Waals surface area contributed by atoms with E-state index in [0.717, 1.165) is 42.9 Å². The second-order valence-corrected chi connectivity index (χ2v) is 5.63. The average molecular weight is 284 g/mol. The summed E-state index contributed by atoms with van der Waals surface area (Å²) in [5.74, 6) is -0.252. The van der Waals surface area contributed by atoms with Gasteiger partial charge in [0.2, 0.25) is 5.91 Å². The molecule has 0 saturated carbocycles. The Morgan fingerprint density at radius 2 is 2.10 bits per heavy atom. The topological polar surface area (TPSA) is 72.9 Å². The van der Waals surface area contributed by atoms with Crippen molar-refractivity contribution >= 4 is 5.91 Å². The quantitative estimate of drug-likeness (QED) is 0.889. The molecule has 110 valence electrons. The van der Waals surface area contributed by atoms with Crippen LogP contribution in [0.5, 0.6) is 0 Å². The first-order chi connectivity index (χ1) is 10.1. The molecule has 1 saturated heterocycles. The third kappa shape index (κ3) is 2.34. The lowest BCUT2D eigenvalue weighted by Crippen LogP contribution is -2.48. The van der Waals surface area contributed by atoms with Crippen LogP contribution in [-0.2, 0) is 17.3 Å². The third-order valence-corrected chi connectivity index (χ3v) is 4.45. The molecule has 3 N–H and O–H groups in total. The monoisotopic (exact) mass is 284 g/mol. The normalized spacial score (nSPS) is 17.6. The molecule has 0 bridgehead atoms. The Kier molecular flexibility index (Phi) is 3.51. The number of nitrogens with one attached hydrogen (secondary N) is 1. The highest BCUT2D eigenvalue weighted by Crippen LogP contribution is 2.33. The SMILES string of the molecule is Cn1cccc1-c1ccc(C2(C(N)=O)CCNCC2)cn1. The molecule has 3 heterocycles. The number of carbonyl (C=O) groups is 1. The predicted molar refractivity (Wildman–Crippen MR) is 81.6 cm³/mol. The maximum Gasteiger partial charge on any atom is 0.228 e. The van der Waals surface area contributed by atoms with Crippen LogP contribution in [0.1, 0.15) is 18.4 Å². The Bertz CT molecular complexity index is 639. The number of pyridine rings is 1. The van der Waals surface area contributed by atoms with Gasteiger partial charge in [0.15, 0.2) is 0 Å². The molecule has 0 aliphatic carbocycles. The van der Waals surface area contributed by atoms with E-state index >= 15 is 0 Å². The van der Waals surface area contributed by atoms with Crippen molar-refractivity contribution in [2.75, 3.05) is 13.1 Å². The lowest BCUT2D eigenvalue weighted by Gasteiger charge is -2.34. The summed E-state index contributed by atoms with van der Waals surface area (Å²) in [6.07, 6.45) is 5.25. The number of piperidine rings is 1. The number of nitrogens with zero attached hydrogens (tertiary/aromatic N) is 2. The summed E-state index contributed by atoms with van der Waals surface area (Å²) < 4.78 is 2.02. The van der Waals surface area contributed by atoms with Crippen LogP contribution in [0, 0.1) is 0 Å². The molecule has 3 rings (SSSR count). The lowest BCUT2D eigenvalue weighted by molar-refractivity contribution is -0.124.